The first-order chi connectivity index (χ1) is 9.70. The molecule has 0 heterocycles. The van der Waals surface area contributed by atoms with E-state index in [2.05, 4.69) is 5.32 Å². The van der Waals surface area contributed by atoms with Crippen molar-refractivity contribution in [3.05, 3.63) is 64.7 Å². The molecular formula is C16H12F2N2. The number of nitriles is 1. The Morgan fingerprint density at radius 2 is 1.85 bits per heavy atom. The summed E-state index contributed by atoms with van der Waals surface area (Å²) in [4.78, 5) is 0. The average Bonchev–Trinajstić information content (AvgIpc) is 2.84. The minimum Gasteiger partial charge on any atom is -0.377 e. The van der Waals surface area contributed by atoms with E-state index >= 15 is 0 Å². The number of hydrogen-bond donors (Lipinski definition) is 1. The molecular weight excluding hydrogens is 258 g/mol. The van der Waals surface area contributed by atoms with Crippen molar-refractivity contribution in [1.82, 2.24) is 0 Å². The summed E-state index contributed by atoms with van der Waals surface area (Å²) >= 11 is 0. The summed E-state index contributed by atoms with van der Waals surface area (Å²) in [6, 6.07) is 11.2. The molecule has 2 nitrogen and oxygen atoms in total. The molecule has 0 spiro atoms. The number of benzene rings is 2. The second-order valence-electron chi connectivity index (χ2n) is 4.82. The number of nitrogens with zero attached hydrogens (tertiary/aromatic N) is 1. The van der Waals surface area contributed by atoms with Crippen LogP contribution in [0.4, 0.5) is 14.5 Å². The summed E-state index contributed by atoms with van der Waals surface area (Å²) in [6.07, 6.45) is 1.38. The van der Waals surface area contributed by atoms with Crippen LogP contribution in [-0.4, -0.2) is 0 Å². The van der Waals surface area contributed by atoms with Gasteiger partial charge >= 0.3 is 0 Å². The van der Waals surface area contributed by atoms with Gasteiger partial charge in [0.2, 0.25) is 0 Å². The maximum Gasteiger partial charge on any atom is 0.143 e. The van der Waals surface area contributed by atoms with E-state index in [9.17, 15) is 8.78 Å². The molecule has 20 heavy (non-hydrogen) atoms. The van der Waals surface area contributed by atoms with E-state index < -0.39 is 5.82 Å². The highest BCUT2D eigenvalue weighted by Gasteiger charge is 2.25. The summed E-state index contributed by atoms with van der Waals surface area (Å²) in [5, 5.41) is 12.2. The molecule has 2 aromatic carbocycles. The predicted octanol–water partition coefficient (Wildman–Crippen LogP) is 3.94. The molecule has 1 N–H and O–H groups in total. The molecule has 0 aliphatic heterocycles. The minimum atomic E-state index is -0.546. The third-order valence-corrected chi connectivity index (χ3v) is 3.67. The second-order valence-corrected chi connectivity index (χ2v) is 4.82. The minimum absolute atomic E-state index is 0.00245. The van der Waals surface area contributed by atoms with Crippen LogP contribution in [0.15, 0.2) is 36.4 Å². The standard InChI is InChI=1S/C16H12F2N2/c17-13-4-1-3-11-10(13)7-8-16(11)20-15-6-2-5-14(18)12(15)9-19/h1-6,16,20H,7-8H2. The van der Waals surface area contributed by atoms with Gasteiger partial charge in [-0.3, -0.25) is 0 Å². The second kappa shape index (κ2) is 4.93. The van der Waals surface area contributed by atoms with Crippen LogP contribution in [0.3, 0.4) is 0 Å². The van der Waals surface area contributed by atoms with Crippen LogP contribution in [0.25, 0.3) is 0 Å². The lowest BCUT2D eigenvalue weighted by Gasteiger charge is -2.16. The first-order valence-electron chi connectivity index (χ1n) is 6.43. The van der Waals surface area contributed by atoms with Crippen molar-refractivity contribution in [1.29, 1.82) is 5.26 Å². The van der Waals surface area contributed by atoms with E-state index in [-0.39, 0.29) is 17.4 Å². The van der Waals surface area contributed by atoms with E-state index in [0.717, 1.165) is 12.0 Å². The lowest BCUT2D eigenvalue weighted by molar-refractivity contribution is 0.612. The summed E-state index contributed by atoms with van der Waals surface area (Å²) in [5.74, 6) is -0.749. The number of halogens is 2. The molecule has 3 rings (SSSR count). The Morgan fingerprint density at radius 3 is 2.65 bits per heavy atom. The first kappa shape index (κ1) is 12.6. The van der Waals surface area contributed by atoms with E-state index in [1.807, 2.05) is 12.1 Å². The molecule has 1 aliphatic carbocycles. The first-order valence-corrected chi connectivity index (χ1v) is 6.43. The van der Waals surface area contributed by atoms with Gasteiger partial charge in [-0.15, -0.1) is 0 Å². The van der Waals surface area contributed by atoms with Gasteiger partial charge in [0.25, 0.3) is 0 Å². The molecule has 0 saturated heterocycles. The average molecular weight is 270 g/mol. The molecule has 1 atom stereocenters. The van der Waals surface area contributed by atoms with Crippen molar-refractivity contribution >= 4 is 5.69 Å². The fourth-order valence-electron chi connectivity index (χ4n) is 2.71. The highest BCUT2D eigenvalue weighted by atomic mass is 19.1. The van der Waals surface area contributed by atoms with Gasteiger partial charge in [-0.25, -0.2) is 8.78 Å². The van der Waals surface area contributed by atoms with Crippen LogP contribution >= 0.6 is 0 Å². The predicted molar refractivity (Wildman–Crippen MR) is 72.2 cm³/mol. The van der Waals surface area contributed by atoms with Crippen LogP contribution < -0.4 is 5.32 Å². The third-order valence-electron chi connectivity index (χ3n) is 3.67. The van der Waals surface area contributed by atoms with Gasteiger partial charge in [-0.2, -0.15) is 5.26 Å². The van der Waals surface area contributed by atoms with Crippen LogP contribution in [0, 0.1) is 23.0 Å². The maximum absolute atomic E-state index is 13.7. The van der Waals surface area contributed by atoms with Crippen LogP contribution in [0.2, 0.25) is 0 Å². The van der Waals surface area contributed by atoms with Crippen molar-refractivity contribution in [3.8, 4) is 6.07 Å². The van der Waals surface area contributed by atoms with Crippen molar-refractivity contribution in [3.63, 3.8) is 0 Å². The third kappa shape index (κ3) is 2.01. The Labute approximate surface area is 115 Å². The highest BCUT2D eigenvalue weighted by Crippen LogP contribution is 2.36. The SMILES string of the molecule is N#Cc1c(F)cccc1NC1CCc2c(F)cccc21. The highest BCUT2D eigenvalue weighted by molar-refractivity contribution is 5.59. The zero-order valence-corrected chi connectivity index (χ0v) is 10.7. The number of hydrogen-bond acceptors (Lipinski definition) is 2. The van der Waals surface area contributed by atoms with E-state index in [4.69, 9.17) is 5.26 Å². The van der Waals surface area contributed by atoms with Crippen LogP contribution in [0.1, 0.15) is 29.2 Å². The number of anilines is 1. The summed E-state index contributed by atoms with van der Waals surface area (Å²) in [7, 11) is 0. The van der Waals surface area contributed by atoms with Crippen LogP contribution in [-0.2, 0) is 6.42 Å². The molecule has 1 aliphatic rings. The molecule has 100 valence electrons. The zero-order valence-electron chi connectivity index (χ0n) is 10.7. The molecule has 0 amide bonds. The monoisotopic (exact) mass is 270 g/mol. The molecule has 0 radical (unpaired) electrons. The molecule has 4 heteroatoms. The quantitative estimate of drug-likeness (QED) is 0.897. The Morgan fingerprint density at radius 1 is 1.10 bits per heavy atom. The Balaban J connectivity index is 1.94. The fraction of sp³-hybridized carbons (Fsp3) is 0.188. The Hall–Kier alpha value is -2.41. The Kier molecular flexibility index (Phi) is 3.11. The fourth-order valence-corrected chi connectivity index (χ4v) is 2.71. The van der Waals surface area contributed by atoms with Gasteiger partial charge in [-0.05, 0) is 42.2 Å². The number of rotatable bonds is 2. The normalized spacial score (nSPS) is 16.6. The molecule has 0 saturated carbocycles. The molecule has 1 unspecified atom stereocenters. The zero-order chi connectivity index (χ0) is 14.1. The van der Waals surface area contributed by atoms with Gasteiger partial charge in [0, 0.05) is 0 Å². The number of nitrogens with one attached hydrogen (secondary N) is 1. The van der Waals surface area contributed by atoms with Gasteiger partial charge in [0.15, 0.2) is 0 Å². The largest absolute Gasteiger partial charge is 0.377 e. The molecule has 0 bridgehead atoms. The molecule has 0 fully saturated rings. The van der Waals surface area contributed by atoms with E-state index in [1.54, 1.807) is 18.2 Å². The Bertz CT molecular complexity index is 704. The van der Waals surface area contributed by atoms with Gasteiger partial charge < -0.3 is 5.32 Å². The number of fused-ring (bicyclic) bond motifs is 1. The van der Waals surface area contributed by atoms with Gasteiger partial charge in [-0.1, -0.05) is 18.2 Å². The lowest BCUT2D eigenvalue weighted by atomic mass is 10.1. The molecule has 2 aromatic rings. The lowest BCUT2D eigenvalue weighted by Crippen LogP contribution is -2.09. The summed E-state index contributed by atoms with van der Waals surface area (Å²) in [5.41, 5.74) is 2.05. The van der Waals surface area contributed by atoms with Crippen molar-refractivity contribution in [2.75, 3.05) is 5.32 Å². The van der Waals surface area contributed by atoms with E-state index in [1.165, 1.54) is 12.1 Å². The van der Waals surface area contributed by atoms with Gasteiger partial charge in [0.1, 0.15) is 23.3 Å². The smallest absolute Gasteiger partial charge is 0.143 e. The van der Waals surface area contributed by atoms with Crippen LogP contribution in [0.5, 0.6) is 0 Å². The van der Waals surface area contributed by atoms with Crippen molar-refractivity contribution in [2.24, 2.45) is 0 Å². The molecule has 0 aromatic heterocycles. The van der Waals surface area contributed by atoms with Crippen molar-refractivity contribution < 1.29 is 8.78 Å². The van der Waals surface area contributed by atoms with Gasteiger partial charge in [0.05, 0.1) is 11.7 Å². The topological polar surface area (TPSA) is 35.8 Å². The summed E-state index contributed by atoms with van der Waals surface area (Å²) < 4.78 is 27.2. The summed E-state index contributed by atoms with van der Waals surface area (Å²) in [6.45, 7) is 0. The van der Waals surface area contributed by atoms with E-state index in [0.29, 0.717) is 17.7 Å². The maximum atomic E-state index is 13.7. The van der Waals surface area contributed by atoms with Crippen molar-refractivity contribution in [2.45, 2.75) is 18.9 Å².